The Morgan fingerprint density at radius 3 is 2.91 bits per heavy atom. The van der Waals surface area contributed by atoms with E-state index in [1.165, 1.54) is 10.6 Å². The number of carbonyl (C=O) groups excluding carboxylic acids is 1. The fraction of sp³-hybridized carbons (Fsp3) is 0.444. The fourth-order valence-electron chi connectivity index (χ4n) is 3.63. The zero-order valence-corrected chi connectivity index (χ0v) is 14.0. The van der Waals surface area contributed by atoms with Crippen molar-refractivity contribution in [3.63, 3.8) is 0 Å². The molecule has 0 saturated heterocycles. The second-order valence-electron chi connectivity index (χ2n) is 6.92. The summed E-state index contributed by atoms with van der Waals surface area (Å²) < 4.78 is 5.72. The van der Waals surface area contributed by atoms with Crippen LogP contribution in [0.1, 0.15) is 50.5 Å². The molecule has 23 heavy (non-hydrogen) atoms. The lowest BCUT2D eigenvalue weighted by Gasteiger charge is -2.38. The summed E-state index contributed by atoms with van der Waals surface area (Å²) in [7, 11) is 0. The Morgan fingerprint density at radius 1 is 1.35 bits per heavy atom. The van der Waals surface area contributed by atoms with Crippen LogP contribution in [0.4, 0.5) is 0 Å². The first kappa shape index (κ1) is 14.6. The van der Waals surface area contributed by atoms with Crippen LogP contribution in [0.15, 0.2) is 38.4 Å². The van der Waals surface area contributed by atoms with Gasteiger partial charge in [0.2, 0.25) is 5.76 Å². The van der Waals surface area contributed by atoms with E-state index in [1.54, 1.807) is 17.8 Å². The second kappa shape index (κ2) is 5.04. The molecule has 2 aliphatic heterocycles. The standard InChI is InChI=1S/C18H18N2O2S/c1-18(2)7-5-11-14(17(18)21)15(13-4-3-10(9-19)22-13)16-12(20-11)6-8-23-16/h3-4,15,20H,5-8H2,1-2H3. The third-order valence-corrected chi connectivity index (χ3v) is 6.17. The predicted molar refractivity (Wildman–Crippen MR) is 88.4 cm³/mol. The smallest absolute Gasteiger partial charge is 0.203 e. The molecule has 3 aliphatic rings. The Balaban J connectivity index is 1.87. The van der Waals surface area contributed by atoms with Crippen molar-refractivity contribution in [2.45, 2.75) is 39.0 Å². The molecule has 1 atom stereocenters. The number of nitriles is 1. The molecule has 1 N–H and O–H groups in total. The molecule has 118 valence electrons. The average molecular weight is 326 g/mol. The van der Waals surface area contributed by atoms with Gasteiger partial charge in [-0.2, -0.15) is 5.26 Å². The van der Waals surface area contributed by atoms with Gasteiger partial charge in [0.1, 0.15) is 11.8 Å². The number of allylic oxidation sites excluding steroid dienone is 4. The molecule has 5 heteroatoms. The van der Waals surface area contributed by atoms with Gasteiger partial charge in [0.05, 0.1) is 5.92 Å². The Bertz CT molecular complexity index is 807. The fourth-order valence-corrected chi connectivity index (χ4v) is 4.88. The van der Waals surface area contributed by atoms with Crippen LogP contribution < -0.4 is 5.32 Å². The molecule has 4 rings (SSSR count). The van der Waals surface area contributed by atoms with Crippen LogP contribution in [0.2, 0.25) is 0 Å². The summed E-state index contributed by atoms with van der Waals surface area (Å²) in [5.41, 5.74) is 2.77. The minimum absolute atomic E-state index is 0.150. The molecule has 0 bridgehead atoms. The van der Waals surface area contributed by atoms with Crippen molar-refractivity contribution in [2.75, 3.05) is 5.75 Å². The van der Waals surface area contributed by atoms with Crippen LogP contribution >= 0.6 is 11.8 Å². The Morgan fingerprint density at radius 2 is 2.17 bits per heavy atom. The van der Waals surface area contributed by atoms with Crippen LogP contribution in [-0.4, -0.2) is 11.5 Å². The van der Waals surface area contributed by atoms with E-state index in [4.69, 9.17) is 9.68 Å². The Labute approximate surface area is 139 Å². The van der Waals surface area contributed by atoms with Crippen LogP contribution in [0.25, 0.3) is 0 Å². The van der Waals surface area contributed by atoms with Gasteiger partial charge in [0.25, 0.3) is 0 Å². The van der Waals surface area contributed by atoms with Gasteiger partial charge < -0.3 is 9.73 Å². The molecule has 1 aromatic heterocycles. The van der Waals surface area contributed by atoms with E-state index >= 15 is 0 Å². The molecule has 0 spiro atoms. The predicted octanol–water partition coefficient (Wildman–Crippen LogP) is 3.83. The number of furan rings is 1. The number of thioether (sulfide) groups is 1. The van der Waals surface area contributed by atoms with Crippen molar-refractivity contribution < 1.29 is 9.21 Å². The lowest BCUT2D eigenvalue weighted by molar-refractivity contribution is -0.124. The summed E-state index contributed by atoms with van der Waals surface area (Å²) in [6.07, 6.45) is 2.75. The van der Waals surface area contributed by atoms with Gasteiger partial charge in [-0.25, -0.2) is 0 Å². The molecule has 1 aromatic rings. The highest BCUT2D eigenvalue weighted by Gasteiger charge is 2.45. The maximum atomic E-state index is 13.1. The van der Waals surface area contributed by atoms with Crippen molar-refractivity contribution in [1.82, 2.24) is 5.32 Å². The van der Waals surface area contributed by atoms with Crippen molar-refractivity contribution in [2.24, 2.45) is 5.41 Å². The number of dihydropyridines is 1. The molecule has 4 nitrogen and oxygen atoms in total. The van der Waals surface area contributed by atoms with Crippen molar-refractivity contribution in [3.05, 3.63) is 45.5 Å². The van der Waals surface area contributed by atoms with Gasteiger partial charge in [0.15, 0.2) is 5.78 Å². The largest absolute Gasteiger partial charge is 0.450 e. The summed E-state index contributed by atoms with van der Waals surface area (Å²) in [6, 6.07) is 5.57. The topological polar surface area (TPSA) is 66.0 Å². The highest BCUT2D eigenvalue weighted by Crippen LogP contribution is 2.52. The molecular weight excluding hydrogens is 308 g/mol. The summed E-state index contributed by atoms with van der Waals surface area (Å²) in [5, 5.41) is 12.6. The monoisotopic (exact) mass is 326 g/mol. The first-order valence-electron chi connectivity index (χ1n) is 7.92. The maximum absolute atomic E-state index is 13.1. The van der Waals surface area contributed by atoms with E-state index in [2.05, 4.69) is 5.32 Å². The van der Waals surface area contributed by atoms with E-state index in [0.717, 1.165) is 36.3 Å². The van der Waals surface area contributed by atoms with Gasteiger partial charge in [-0.15, -0.1) is 11.8 Å². The van der Waals surface area contributed by atoms with E-state index in [0.29, 0.717) is 11.5 Å². The second-order valence-corrected chi connectivity index (χ2v) is 8.06. The number of carbonyl (C=O) groups is 1. The lowest BCUT2D eigenvalue weighted by Crippen LogP contribution is -2.38. The normalized spacial score (nSPS) is 25.8. The highest BCUT2D eigenvalue weighted by atomic mass is 32.2. The first-order valence-corrected chi connectivity index (χ1v) is 8.90. The third-order valence-electron chi connectivity index (χ3n) is 4.97. The first-order chi connectivity index (χ1) is 11.0. The number of rotatable bonds is 1. The SMILES string of the molecule is CC1(C)CCC2=C(C1=O)C(c1ccc(C#N)o1)C1=C(CCS1)N2. The summed E-state index contributed by atoms with van der Waals surface area (Å²) in [4.78, 5) is 14.3. The Kier molecular flexibility index (Phi) is 3.21. The summed E-state index contributed by atoms with van der Waals surface area (Å²) in [6.45, 7) is 4.04. The number of Topliss-reactive ketones (excluding diaryl/α,β-unsaturated/α-hetero) is 1. The summed E-state index contributed by atoms with van der Waals surface area (Å²) in [5.74, 6) is 2.09. The molecule has 0 fully saturated rings. The third kappa shape index (κ3) is 2.16. The van der Waals surface area contributed by atoms with Crippen molar-refractivity contribution in [1.29, 1.82) is 5.26 Å². The Hall–Kier alpha value is -1.93. The van der Waals surface area contributed by atoms with Crippen molar-refractivity contribution in [3.8, 4) is 6.07 Å². The quantitative estimate of drug-likeness (QED) is 0.849. The molecule has 0 amide bonds. The maximum Gasteiger partial charge on any atom is 0.203 e. The minimum atomic E-state index is -0.343. The zero-order chi connectivity index (χ0) is 16.2. The van der Waals surface area contributed by atoms with Gasteiger partial charge in [0, 0.05) is 33.0 Å². The lowest BCUT2D eigenvalue weighted by atomic mass is 9.70. The average Bonchev–Trinajstić information content (AvgIpc) is 3.18. The minimum Gasteiger partial charge on any atom is -0.450 e. The number of nitrogens with zero attached hydrogens (tertiary/aromatic N) is 1. The van der Waals surface area contributed by atoms with Gasteiger partial charge in [-0.1, -0.05) is 13.8 Å². The number of ketones is 1. The van der Waals surface area contributed by atoms with Crippen molar-refractivity contribution >= 4 is 17.5 Å². The van der Waals surface area contributed by atoms with Gasteiger partial charge in [-0.3, -0.25) is 4.79 Å². The van der Waals surface area contributed by atoms with E-state index in [-0.39, 0.29) is 17.1 Å². The van der Waals surface area contributed by atoms with Gasteiger partial charge in [-0.05, 0) is 31.4 Å². The van der Waals surface area contributed by atoms with Gasteiger partial charge >= 0.3 is 0 Å². The molecule has 0 aromatic carbocycles. The molecular formula is C18H18N2O2S. The van der Waals surface area contributed by atoms with E-state index < -0.39 is 0 Å². The van der Waals surface area contributed by atoms with Crippen LogP contribution in [-0.2, 0) is 4.79 Å². The number of hydrogen-bond acceptors (Lipinski definition) is 5. The molecule has 1 unspecified atom stereocenters. The van der Waals surface area contributed by atoms with Crippen LogP contribution in [0, 0.1) is 16.7 Å². The van der Waals surface area contributed by atoms with E-state index in [9.17, 15) is 4.79 Å². The van der Waals surface area contributed by atoms with Crippen LogP contribution in [0.3, 0.4) is 0 Å². The molecule has 1 aliphatic carbocycles. The number of hydrogen-bond donors (Lipinski definition) is 1. The van der Waals surface area contributed by atoms with Crippen LogP contribution in [0.5, 0.6) is 0 Å². The number of nitrogens with one attached hydrogen (secondary N) is 1. The highest BCUT2D eigenvalue weighted by molar-refractivity contribution is 8.03. The molecule has 0 saturated carbocycles. The summed E-state index contributed by atoms with van der Waals surface area (Å²) >= 11 is 1.79. The zero-order valence-electron chi connectivity index (χ0n) is 13.2. The molecule has 3 heterocycles. The molecule has 0 radical (unpaired) electrons. The van der Waals surface area contributed by atoms with E-state index in [1.807, 2.05) is 26.0 Å².